The number of benzene rings is 5. The van der Waals surface area contributed by atoms with Gasteiger partial charge in [-0.05, 0) is 93.1 Å². The summed E-state index contributed by atoms with van der Waals surface area (Å²) in [5.74, 6) is 0.569. The van der Waals surface area contributed by atoms with Crippen molar-refractivity contribution in [2.24, 2.45) is 0 Å². The minimum Gasteiger partial charge on any atom is -0.456 e. The van der Waals surface area contributed by atoms with Crippen LogP contribution in [0.15, 0.2) is 103 Å². The standard InChI is InChI=1S/C36H29FN2O3/c1-4-39(26-15-9-22(2)10-16-26)27-17-18-30-34(20-27)41-33-19-23(3)32(38-25-13-11-24(37)12-14-25)21-31(33)36(30)29-8-6-5-7-28(29)35(40)42-36/h5-21,38H,4H2,1-3H3. The first-order valence-electron chi connectivity index (χ1n) is 14.0. The van der Waals surface area contributed by atoms with Gasteiger partial charge in [0.2, 0.25) is 0 Å². The molecule has 5 aromatic rings. The molecule has 0 saturated carbocycles. The van der Waals surface area contributed by atoms with Crippen LogP contribution in [-0.2, 0) is 10.3 Å². The van der Waals surface area contributed by atoms with E-state index in [-0.39, 0.29) is 11.8 Å². The van der Waals surface area contributed by atoms with Crippen molar-refractivity contribution in [3.05, 3.63) is 142 Å². The molecule has 6 heteroatoms. The van der Waals surface area contributed by atoms with Crippen molar-refractivity contribution in [2.45, 2.75) is 26.4 Å². The molecule has 1 unspecified atom stereocenters. The SMILES string of the molecule is CCN(c1ccc(C)cc1)c1ccc2c(c1)Oc1cc(C)c(Nc3ccc(F)cc3)cc1C21OC(=O)c2ccccc21. The summed E-state index contributed by atoms with van der Waals surface area (Å²) in [4.78, 5) is 15.6. The third-order valence-electron chi connectivity index (χ3n) is 8.14. The minimum absolute atomic E-state index is 0.301. The van der Waals surface area contributed by atoms with Crippen LogP contribution in [0.3, 0.4) is 0 Å². The Morgan fingerprint density at radius 1 is 0.786 bits per heavy atom. The molecule has 0 fully saturated rings. The Bertz CT molecular complexity index is 1850. The molecule has 0 saturated heterocycles. The van der Waals surface area contributed by atoms with E-state index in [2.05, 4.69) is 54.4 Å². The number of carbonyl (C=O) groups excluding carboxylic acids is 1. The molecule has 0 bridgehead atoms. The second-order valence-corrected chi connectivity index (χ2v) is 10.8. The van der Waals surface area contributed by atoms with Gasteiger partial charge in [-0.1, -0.05) is 35.9 Å². The lowest BCUT2D eigenvalue weighted by molar-refractivity contribution is 0.0224. The maximum absolute atomic E-state index is 13.6. The molecule has 0 amide bonds. The monoisotopic (exact) mass is 556 g/mol. The van der Waals surface area contributed by atoms with E-state index in [1.807, 2.05) is 49.4 Å². The van der Waals surface area contributed by atoms with Crippen LogP contribution in [-0.4, -0.2) is 12.5 Å². The molecule has 2 heterocycles. The van der Waals surface area contributed by atoms with Gasteiger partial charge in [-0.3, -0.25) is 0 Å². The van der Waals surface area contributed by atoms with Crippen LogP contribution in [0, 0.1) is 19.7 Å². The average Bonchev–Trinajstić information content (AvgIpc) is 3.29. The molecule has 1 N–H and O–H groups in total. The lowest BCUT2D eigenvalue weighted by Gasteiger charge is -2.38. The fourth-order valence-corrected chi connectivity index (χ4v) is 6.04. The van der Waals surface area contributed by atoms with Crippen molar-refractivity contribution in [3.8, 4) is 11.5 Å². The molecule has 7 rings (SSSR count). The van der Waals surface area contributed by atoms with Crippen LogP contribution < -0.4 is 15.0 Å². The Morgan fingerprint density at radius 3 is 2.26 bits per heavy atom. The molecule has 5 nitrogen and oxygen atoms in total. The average molecular weight is 557 g/mol. The number of nitrogens with zero attached hydrogens (tertiary/aromatic N) is 1. The molecular formula is C36H29FN2O3. The number of nitrogens with one attached hydrogen (secondary N) is 1. The van der Waals surface area contributed by atoms with E-state index < -0.39 is 5.60 Å². The summed E-state index contributed by atoms with van der Waals surface area (Å²) in [7, 11) is 0. The predicted octanol–water partition coefficient (Wildman–Crippen LogP) is 8.91. The fourth-order valence-electron chi connectivity index (χ4n) is 6.04. The van der Waals surface area contributed by atoms with Gasteiger partial charge in [-0.15, -0.1) is 0 Å². The van der Waals surface area contributed by atoms with Gasteiger partial charge < -0.3 is 19.7 Å². The lowest BCUT2D eigenvalue weighted by Crippen LogP contribution is -2.33. The zero-order valence-corrected chi connectivity index (χ0v) is 23.6. The van der Waals surface area contributed by atoms with Crippen LogP contribution >= 0.6 is 0 Å². The van der Waals surface area contributed by atoms with Crippen molar-refractivity contribution >= 4 is 28.7 Å². The van der Waals surface area contributed by atoms with Crippen LogP contribution in [0.4, 0.5) is 27.1 Å². The Labute approximate surface area is 244 Å². The second-order valence-electron chi connectivity index (χ2n) is 10.8. The summed E-state index contributed by atoms with van der Waals surface area (Å²) in [6.07, 6.45) is 0. The van der Waals surface area contributed by atoms with Gasteiger partial charge in [-0.2, -0.15) is 0 Å². The molecule has 2 aliphatic rings. The largest absolute Gasteiger partial charge is 0.456 e. The highest BCUT2D eigenvalue weighted by Crippen LogP contribution is 2.57. The highest BCUT2D eigenvalue weighted by atomic mass is 19.1. The Balaban J connectivity index is 1.40. The summed E-state index contributed by atoms with van der Waals surface area (Å²) < 4.78 is 26.6. The number of aryl methyl sites for hydroxylation is 2. The predicted molar refractivity (Wildman–Crippen MR) is 163 cm³/mol. The van der Waals surface area contributed by atoms with Crippen molar-refractivity contribution < 1.29 is 18.7 Å². The number of ether oxygens (including phenoxy) is 2. The molecule has 0 aromatic heterocycles. The number of hydrogen-bond acceptors (Lipinski definition) is 5. The highest BCUT2D eigenvalue weighted by Gasteiger charge is 2.53. The van der Waals surface area contributed by atoms with E-state index in [1.165, 1.54) is 17.7 Å². The zero-order chi connectivity index (χ0) is 29.0. The summed E-state index contributed by atoms with van der Waals surface area (Å²) in [5, 5.41) is 3.40. The second kappa shape index (κ2) is 9.77. The number of hydrogen-bond donors (Lipinski definition) is 1. The number of halogens is 1. The van der Waals surface area contributed by atoms with Crippen molar-refractivity contribution in [1.29, 1.82) is 0 Å². The molecule has 1 spiro atoms. The van der Waals surface area contributed by atoms with E-state index in [0.29, 0.717) is 17.1 Å². The first kappa shape index (κ1) is 25.8. The van der Waals surface area contributed by atoms with Gasteiger partial charge in [0.15, 0.2) is 5.60 Å². The number of fused-ring (bicyclic) bond motifs is 6. The van der Waals surface area contributed by atoms with Crippen LogP contribution in [0.25, 0.3) is 0 Å². The Morgan fingerprint density at radius 2 is 1.50 bits per heavy atom. The van der Waals surface area contributed by atoms with E-state index in [9.17, 15) is 9.18 Å². The van der Waals surface area contributed by atoms with Crippen LogP contribution in [0.5, 0.6) is 11.5 Å². The maximum Gasteiger partial charge on any atom is 0.340 e. The number of esters is 1. The van der Waals surface area contributed by atoms with E-state index in [0.717, 1.165) is 51.5 Å². The minimum atomic E-state index is -1.19. The fraction of sp³-hybridized carbons (Fsp3) is 0.139. The van der Waals surface area contributed by atoms with Gasteiger partial charge in [0.1, 0.15) is 17.3 Å². The van der Waals surface area contributed by atoms with Gasteiger partial charge in [-0.25, -0.2) is 9.18 Å². The highest BCUT2D eigenvalue weighted by molar-refractivity contribution is 5.97. The van der Waals surface area contributed by atoms with Gasteiger partial charge in [0.05, 0.1) is 5.56 Å². The van der Waals surface area contributed by atoms with Crippen molar-refractivity contribution in [2.75, 3.05) is 16.8 Å². The van der Waals surface area contributed by atoms with Crippen LogP contribution in [0.1, 0.15) is 45.1 Å². The summed E-state index contributed by atoms with van der Waals surface area (Å²) in [6, 6.07) is 32.2. The summed E-state index contributed by atoms with van der Waals surface area (Å²) in [6.45, 7) is 6.94. The first-order chi connectivity index (χ1) is 20.4. The smallest absolute Gasteiger partial charge is 0.340 e. The van der Waals surface area contributed by atoms with Gasteiger partial charge in [0, 0.05) is 52.1 Å². The molecule has 0 aliphatic carbocycles. The molecule has 42 heavy (non-hydrogen) atoms. The molecule has 2 aliphatic heterocycles. The molecule has 0 radical (unpaired) electrons. The maximum atomic E-state index is 13.6. The lowest BCUT2D eigenvalue weighted by atomic mass is 9.77. The van der Waals surface area contributed by atoms with Crippen LogP contribution in [0.2, 0.25) is 0 Å². The topological polar surface area (TPSA) is 50.8 Å². The Hall–Kier alpha value is -5.10. The first-order valence-corrected chi connectivity index (χ1v) is 14.0. The number of rotatable bonds is 5. The molecule has 5 aromatic carbocycles. The number of carbonyl (C=O) groups is 1. The molecule has 1 atom stereocenters. The van der Waals surface area contributed by atoms with Crippen molar-refractivity contribution in [1.82, 2.24) is 0 Å². The zero-order valence-electron chi connectivity index (χ0n) is 23.6. The quantitative estimate of drug-likeness (QED) is 0.219. The number of anilines is 4. The summed E-state index contributed by atoms with van der Waals surface area (Å²) >= 11 is 0. The Kier molecular flexibility index (Phi) is 6.01. The third-order valence-corrected chi connectivity index (χ3v) is 8.14. The molecule has 208 valence electrons. The molecular weight excluding hydrogens is 527 g/mol. The van der Waals surface area contributed by atoms with E-state index in [4.69, 9.17) is 9.47 Å². The van der Waals surface area contributed by atoms with E-state index >= 15 is 0 Å². The summed E-state index contributed by atoms with van der Waals surface area (Å²) in [5.41, 5.74) is 7.34. The van der Waals surface area contributed by atoms with E-state index in [1.54, 1.807) is 18.2 Å². The van der Waals surface area contributed by atoms with Gasteiger partial charge in [0.25, 0.3) is 0 Å². The van der Waals surface area contributed by atoms with Gasteiger partial charge >= 0.3 is 5.97 Å². The third kappa shape index (κ3) is 4.02. The van der Waals surface area contributed by atoms with Crippen molar-refractivity contribution in [3.63, 3.8) is 0 Å². The normalized spacial score (nSPS) is 16.2.